The Morgan fingerprint density at radius 3 is 2.09 bits per heavy atom. The maximum absolute atomic E-state index is 14.0. The molecule has 2 N–H and O–H groups in total. The summed E-state index contributed by atoms with van der Waals surface area (Å²) in [6.45, 7) is 3.48. The van der Waals surface area contributed by atoms with Crippen molar-refractivity contribution in [1.29, 1.82) is 0 Å². The summed E-state index contributed by atoms with van der Waals surface area (Å²) in [6, 6.07) is 1.78. The van der Waals surface area contributed by atoms with Gasteiger partial charge in [-0.15, -0.1) is 0 Å². The van der Waals surface area contributed by atoms with Gasteiger partial charge < -0.3 is 10.4 Å². The van der Waals surface area contributed by atoms with Gasteiger partial charge in [-0.05, 0) is 30.0 Å². The quantitative estimate of drug-likeness (QED) is 0.784. The Hall–Kier alpha value is -2.12. The summed E-state index contributed by atoms with van der Waals surface area (Å²) in [7, 11) is 0. The number of nitrogens with one attached hydrogen (secondary N) is 1. The fourth-order valence-electron chi connectivity index (χ4n) is 1.93. The zero-order valence-corrected chi connectivity index (χ0v) is 12.5. The van der Waals surface area contributed by atoms with Crippen LogP contribution in [0.4, 0.5) is 17.6 Å². The second-order valence-corrected chi connectivity index (χ2v) is 5.51. The van der Waals surface area contributed by atoms with Crippen LogP contribution in [0.25, 0.3) is 0 Å². The molecule has 0 aliphatic rings. The third kappa shape index (κ3) is 5.54. The lowest BCUT2D eigenvalue weighted by Crippen LogP contribution is -2.43. The monoisotopic (exact) mass is 335 g/mol. The number of carboxylic acid groups (broad SMARTS) is 1. The highest BCUT2D eigenvalue weighted by atomic mass is 19.4. The zero-order chi connectivity index (χ0) is 17.8. The number of carbonyl (C=O) groups excluding carboxylic acids is 1. The van der Waals surface area contributed by atoms with Crippen LogP contribution < -0.4 is 5.32 Å². The molecule has 0 saturated heterocycles. The molecule has 1 rings (SSSR count). The summed E-state index contributed by atoms with van der Waals surface area (Å²) in [5.41, 5.74) is -1.23. The lowest BCUT2D eigenvalue weighted by Gasteiger charge is -2.18. The van der Waals surface area contributed by atoms with Crippen molar-refractivity contribution in [2.45, 2.75) is 38.7 Å². The fraction of sp³-hybridized carbons (Fsp3) is 0.467. The highest BCUT2D eigenvalue weighted by Crippen LogP contribution is 2.30. The Bertz CT molecular complexity index is 555. The number of carboxylic acids is 1. The van der Waals surface area contributed by atoms with Gasteiger partial charge in [0.2, 0.25) is 6.17 Å². The number of halogens is 4. The Morgan fingerprint density at radius 2 is 1.70 bits per heavy atom. The Labute approximate surface area is 130 Å². The van der Waals surface area contributed by atoms with Gasteiger partial charge >= 0.3 is 12.1 Å². The second-order valence-electron chi connectivity index (χ2n) is 5.51. The summed E-state index contributed by atoms with van der Waals surface area (Å²) in [5, 5.41) is 11.0. The second kappa shape index (κ2) is 7.43. The Morgan fingerprint density at radius 1 is 1.17 bits per heavy atom. The molecule has 0 heterocycles. The van der Waals surface area contributed by atoms with Gasteiger partial charge in [0.25, 0.3) is 5.91 Å². The van der Waals surface area contributed by atoms with E-state index in [1.165, 1.54) is 0 Å². The van der Waals surface area contributed by atoms with E-state index in [1.807, 2.05) is 0 Å². The van der Waals surface area contributed by atoms with Crippen LogP contribution in [0.15, 0.2) is 24.3 Å². The van der Waals surface area contributed by atoms with Gasteiger partial charge in [-0.2, -0.15) is 13.2 Å². The molecular formula is C15H17F4NO3. The lowest BCUT2D eigenvalue weighted by atomic mass is 10.0. The summed E-state index contributed by atoms with van der Waals surface area (Å²) < 4.78 is 51.3. The SMILES string of the molecule is CC(C)C[C@@H](NC(=O)C(F)c1ccc(C(F)(F)F)cc1)C(=O)O. The minimum absolute atomic E-state index is 0.0412. The maximum atomic E-state index is 14.0. The molecule has 1 amide bonds. The van der Waals surface area contributed by atoms with E-state index in [1.54, 1.807) is 13.8 Å². The lowest BCUT2D eigenvalue weighted by molar-refractivity contribution is -0.143. The molecule has 0 saturated carbocycles. The van der Waals surface area contributed by atoms with Gasteiger partial charge in [0.05, 0.1) is 5.56 Å². The predicted octanol–water partition coefficient (Wildman–Crippen LogP) is 3.33. The van der Waals surface area contributed by atoms with Crippen molar-refractivity contribution in [3.05, 3.63) is 35.4 Å². The van der Waals surface area contributed by atoms with E-state index in [9.17, 15) is 27.2 Å². The molecule has 1 aromatic carbocycles. The summed E-state index contributed by atoms with van der Waals surface area (Å²) in [5.74, 6) is -2.54. The Balaban J connectivity index is 2.81. The molecular weight excluding hydrogens is 318 g/mol. The van der Waals surface area contributed by atoms with E-state index in [0.29, 0.717) is 12.1 Å². The average molecular weight is 335 g/mol. The predicted molar refractivity (Wildman–Crippen MR) is 74.3 cm³/mol. The van der Waals surface area contributed by atoms with Gasteiger partial charge in [-0.3, -0.25) is 4.79 Å². The van der Waals surface area contributed by atoms with Crippen LogP contribution in [-0.4, -0.2) is 23.0 Å². The van der Waals surface area contributed by atoms with Gasteiger partial charge in [0.1, 0.15) is 6.04 Å². The molecule has 128 valence electrons. The normalized spacial score (nSPS) is 14.4. The number of carbonyl (C=O) groups is 2. The highest BCUT2D eigenvalue weighted by molar-refractivity contribution is 5.87. The molecule has 1 aromatic rings. The number of benzene rings is 1. The molecule has 0 fully saturated rings. The molecule has 0 bridgehead atoms. The molecule has 0 spiro atoms. The first-order valence-electron chi connectivity index (χ1n) is 6.86. The van der Waals surface area contributed by atoms with Crippen molar-refractivity contribution in [3.8, 4) is 0 Å². The Kier molecular flexibility index (Phi) is 6.12. The molecule has 8 heteroatoms. The van der Waals surface area contributed by atoms with Gasteiger partial charge in [-0.25, -0.2) is 9.18 Å². The number of rotatable bonds is 6. The highest BCUT2D eigenvalue weighted by Gasteiger charge is 2.31. The molecule has 2 atom stereocenters. The van der Waals surface area contributed by atoms with Crippen LogP contribution in [0, 0.1) is 5.92 Å². The molecule has 0 radical (unpaired) electrons. The molecule has 1 unspecified atom stereocenters. The molecule has 0 aliphatic carbocycles. The number of alkyl halides is 4. The first kappa shape index (κ1) is 18.9. The van der Waals surface area contributed by atoms with E-state index in [2.05, 4.69) is 5.32 Å². The maximum Gasteiger partial charge on any atom is 0.416 e. The number of hydrogen-bond donors (Lipinski definition) is 2. The average Bonchev–Trinajstić information content (AvgIpc) is 2.44. The van der Waals surface area contributed by atoms with Crippen LogP contribution in [0.5, 0.6) is 0 Å². The van der Waals surface area contributed by atoms with Crippen LogP contribution >= 0.6 is 0 Å². The van der Waals surface area contributed by atoms with Crippen molar-refractivity contribution in [1.82, 2.24) is 5.32 Å². The van der Waals surface area contributed by atoms with Crippen molar-refractivity contribution in [3.63, 3.8) is 0 Å². The smallest absolute Gasteiger partial charge is 0.416 e. The molecule has 0 aliphatic heterocycles. The summed E-state index contributed by atoms with van der Waals surface area (Å²) in [4.78, 5) is 22.8. The molecule has 0 aromatic heterocycles. The van der Waals surface area contributed by atoms with Gasteiger partial charge in [-0.1, -0.05) is 26.0 Å². The van der Waals surface area contributed by atoms with Crippen molar-refractivity contribution in [2.75, 3.05) is 0 Å². The number of aliphatic carboxylic acids is 1. The molecule has 23 heavy (non-hydrogen) atoms. The first-order chi connectivity index (χ1) is 10.5. The van der Waals surface area contributed by atoms with Gasteiger partial charge in [0.15, 0.2) is 0 Å². The fourth-order valence-corrected chi connectivity index (χ4v) is 1.93. The third-order valence-corrected chi connectivity index (χ3v) is 3.08. The summed E-state index contributed by atoms with van der Waals surface area (Å²) >= 11 is 0. The van der Waals surface area contributed by atoms with Gasteiger partial charge in [0, 0.05) is 0 Å². The van der Waals surface area contributed by atoms with Crippen molar-refractivity contribution in [2.24, 2.45) is 5.92 Å². The third-order valence-electron chi connectivity index (χ3n) is 3.08. The topological polar surface area (TPSA) is 66.4 Å². The van der Waals surface area contributed by atoms with Crippen molar-refractivity contribution < 1.29 is 32.3 Å². The summed E-state index contributed by atoms with van der Waals surface area (Å²) in [6.07, 6.45) is -6.69. The minimum Gasteiger partial charge on any atom is -0.480 e. The van der Waals surface area contributed by atoms with Crippen LogP contribution in [0.2, 0.25) is 0 Å². The van der Waals surface area contributed by atoms with E-state index in [0.717, 1.165) is 12.1 Å². The van der Waals surface area contributed by atoms with Crippen molar-refractivity contribution >= 4 is 11.9 Å². The van der Waals surface area contributed by atoms with E-state index < -0.39 is 35.8 Å². The van der Waals surface area contributed by atoms with E-state index in [-0.39, 0.29) is 17.9 Å². The minimum atomic E-state index is -4.56. The largest absolute Gasteiger partial charge is 0.480 e. The van der Waals surface area contributed by atoms with E-state index in [4.69, 9.17) is 5.11 Å². The van der Waals surface area contributed by atoms with E-state index >= 15 is 0 Å². The van der Waals surface area contributed by atoms with Crippen LogP contribution in [-0.2, 0) is 15.8 Å². The van der Waals surface area contributed by atoms with Crippen LogP contribution in [0.1, 0.15) is 37.6 Å². The number of amides is 1. The first-order valence-corrected chi connectivity index (χ1v) is 6.86. The number of hydrogen-bond acceptors (Lipinski definition) is 2. The zero-order valence-electron chi connectivity index (χ0n) is 12.5. The molecule has 4 nitrogen and oxygen atoms in total. The standard InChI is InChI=1S/C15H17F4NO3/c1-8(2)7-11(14(22)23)20-13(21)12(16)9-3-5-10(6-4-9)15(17,18)19/h3-6,8,11-12H,7H2,1-2H3,(H,20,21)(H,22,23)/t11-,12?/m1/s1. The van der Waals surface area contributed by atoms with Crippen LogP contribution in [0.3, 0.4) is 0 Å².